The third kappa shape index (κ3) is 4.74. The van der Waals surface area contributed by atoms with E-state index >= 15 is 0 Å². The molecule has 0 fully saturated rings. The minimum absolute atomic E-state index is 0.00106. The van der Waals surface area contributed by atoms with Crippen LogP contribution < -0.4 is 10.1 Å². The Morgan fingerprint density at radius 2 is 1.89 bits per heavy atom. The van der Waals surface area contributed by atoms with Crippen molar-refractivity contribution in [2.24, 2.45) is 0 Å². The molecule has 0 saturated carbocycles. The lowest BCUT2D eigenvalue weighted by molar-refractivity contribution is -0.385. The molecular weight excluding hydrogens is 390 g/mol. The second-order valence-corrected chi connectivity index (χ2v) is 6.32. The Morgan fingerprint density at radius 1 is 1.21 bits per heavy atom. The van der Waals surface area contributed by atoms with Gasteiger partial charge in [0.25, 0.3) is 5.91 Å². The summed E-state index contributed by atoms with van der Waals surface area (Å²) in [5, 5.41) is 13.5. The topological polar surface area (TPSA) is 121 Å². The summed E-state index contributed by atoms with van der Waals surface area (Å²) in [5.41, 5.74) is 1.86. The number of nitrogens with one attached hydrogen (secondary N) is 1. The number of ether oxygens (including phenoxy) is 2. The first-order chi connectivity index (χ1) is 13.1. The van der Waals surface area contributed by atoms with Crippen LogP contribution >= 0.6 is 11.6 Å². The molecule has 0 aliphatic heterocycles. The van der Waals surface area contributed by atoms with E-state index in [1.165, 1.54) is 19.2 Å². The number of anilines is 1. The van der Waals surface area contributed by atoms with E-state index in [0.717, 1.165) is 0 Å². The smallest absolute Gasteiger partial charge is 0.342 e. The molecule has 0 unspecified atom stereocenters. The van der Waals surface area contributed by atoms with Crippen molar-refractivity contribution >= 4 is 34.9 Å². The number of aryl methyl sites for hydroxylation is 3. The van der Waals surface area contributed by atoms with E-state index in [0.29, 0.717) is 22.5 Å². The van der Waals surface area contributed by atoms with E-state index in [2.05, 4.69) is 10.3 Å². The fraction of sp³-hybridized carbons (Fsp3) is 0.278. The number of esters is 1. The first-order valence-corrected chi connectivity index (χ1v) is 8.45. The van der Waals surface area contributed by atoms with Crippen molar-refractivity contribution < 1.29 is 24.0 Å². The number of pyridine rings is 1. The summed E-state index contributed by atoms with van der Waals surface area (Å²) in [6.45, 7) is 4.45. The zero-order valence-electron chi connectivity index (χ0n) is 15.7. The predicted molar refractivity (Wildman–Crippen MR) is 102 cm³/mol. The van der Waals surface area contributed by atoms with E-state index in [1.54, 1.807) is 26.8 Å². The van der Waals surface area contributed by atoms with Crippen LogP contribution in [0.2, 0.25) is 5.15 Å². The van der Waals surface area contributed by atoms with Gasteiger partial charge < -0.3 is 14.8 Å². The maximum absolute atomic E-state index is 12.2. The van der Waals surface area contributed by atoms with Crippen molar-refractivity contribution in [3.8, 4) is 5.75 Å². The van der Waals surface area contributed by atoms with Gasteiger partial charge in [-0.3, -0.25) is 14.9 Å². The van der Waals surface area contributed by atoms with Crippen LogP contribution in [0.1, 0.15) is 27.2 Å². The number of benzene rings is 1. The third-order valence-electron chi connectivity index (χ3n) is 3.84. The number of amides is 1. The second-order valence-electron chi connectivity index (χ2n) is 5.97. The Balaban J connectivity index is 2.09. The zero-order chi connectivity index (χ0) is 21.0. The molecule has 1 aromatic carbocycles. The highest BCUT2D eigenvalue weighted by Crippen LogP contribution is 2.32. The summed E-state index contributed by atoms with van der Waals surface area (Å²) < 4.78 is 9.98. The van der Waals surface area contributed by atoms with Gasteiger partial charge >= 0.3 is 11.7 Å². The van der Waals surface area contributed by atoms with Gasteiger partial charge in [-0.1, -0.05) is 11.6 Å². The van der Waals surface area contributed by atoms with Gasteiger partial charge in [-0.15, -0.1) is 0 Å². The molecule has 148 valence electrons. The van der Waals surface area contributed by atoms with Gasteiger partial charge in [-0.25, -0.2) is 9.78 Å². The molecule has 1 heterocycles. The fourth-order valence-electron chi connectivity index (χ4n) is 2.54. The first-order valence-electron chi connectivity index (χ1n) is 8.07. The largest absolute Gasteiger partial charge is 0.490 e. The van der Waals surface area contributed by atoms with Gasteiger partial charge in [0.15, 0.2) is 12.4 Å². The van der Waals surface area contributed by atoms with Crippen LogP contribution in [0.5, 0.6) is 5.75 Å². The number of nitrogens with zero attached hydrogens (tertiary/aromatic N) is 2. The van der Waals surface area contributed by atoms with Gasteiger partial charge in [-0.2, -0.15) is 0 Å². The Bertz CT molecular complexity index is 938. The van der Waals surface area contributed by atoms with Gasteiger partial charge in [0.2, 0.25) is 0 Å². The van der Waals surface area contributed by atoms with Crippen LogP contribution in [0.4, 0.5) is 11.4 Å². The SMILES string of the molecule is COc1cc(NC(=O)COC(=O)c2c(C)cc(C)nc2Cl)c(C)cc1[N+](=O)[O-]. The number of nitro benzene ring substituents is 1. The highest BCUT2D eigenvalue weighted by molar-refractivity contribution is 6.32. The summed E-state index contributed by atoms with van der Waals surface area (Å²) in [5.74, 6) is -1.40. The molecule has 0 spiro atoms. The van der Waals surface area contributed by atoms with Gasteiger partial charge in [0, 0.05) is 23.5 Å². The standard InChI is InChI=1S/C18H18ClN3O6/c1-9-6-13(22(25)26)14(27-4)7-12(9)21-15(23)8-28-18(24)16-10(2)5-11(3)20-17(16)19/h5-7H,8H2,1-4H3,(H,21,23). The Kier molecular flexibility index (Phi) is 6.53. The number of carbonyl (C=O) groups excluding carboxylic acids is 2. The van der Waals surface area contributed by atoms with Crippen LogP contribution in [-0.2, 0) is 9.53 Å². The van der Waals surface area contributed by atoms with Crippen LogP contribution in [-0.4, -0.2) is 35.5 Å². The lowest BCUT2D eigenvalue weighted by atomic mass is 10.1. The van der Waals surface area contributed by atoms with E-state index in [-0.39, 0.29) is 22.2 Å². The molecular formula is C18H18ClN3O6. The summed E-state index contributed by atoms with van der Waals surface area (Å²) in [4.78, 5) is 38.8. The number of nitro groups is 1. The molecule has 0 radical (unpaired) electrons. The first kappa shape index (κ1) is 21.1. The highest BCUT2D eigenvalue weighted by atomic mass is 35.5. The molecule has 0 atom stereocenters. The Morgan fingerprint density at radius 3 is 2.46 bits per heavy atom. The Hall–Kier alpha value is -3.20. The normalized spacial score (nSPS) is 10.3. The summed E-state index contributed by atoms with van der Waals surface area (Å²) in [6.07, 6.45) is 0. The molecule has 2 rings (SSSR count). The van der Waals surface area contributed by atoms with Crippen molar-refractivity contribution in [1.29, 1.82) is 0 Å². The number of methoxy groups -OCH3 is 1. The minimum atomic E-state index is -0.775. The lowest BCUT2D eigenvalue weighted by Gasteiger charge is -2.12. The average molecular weight is 408 g/mol. The zero-order valence-corrected chi connectivity index (χ0v) is 16.4. The molecule has 0 saturated heterocycles. The van der Waals surface area contributed by atoms with Crippen molar-refractivity contribution in [2.75, 3.05) is 19.0 Å². The van der Waals surface area contributed by atoms with Gasteiger partial charge in [0.05, 0.1) is 17.6 Å². The van der Waals surface area contributed by atoms with Gasteiger partial charge in [-0.05, 0) is 38.0 Å². The lowest BCUT2D eigenvalue weighted by Crippen LogP contribution is -2.22. The molecule has 1 N–H and O–H groups in total. The molecule has 1 aromatic heterocycles. The minimum Gasteiger partial charge on any atom is -0.490 e. The second kappa shape index (κ2) is 8.66. The van der Waals surface area contributed by atoms with E-state index in [9.17, 15) is 19.7 Å². The quantitative estimate of drug-likeness (QED) is 0.337. The maximum atomic E-state index is 12.2. The average Bonchev–Trinajstić information content (AvgIpc) is 2.60. The molecule has 1 amide bonds. The number of aromatic nitrogens is 1. The van der Waals surface area contributed by atoms with E-state index in [1.807, 2.05) is 0 Å². The van der Waals surface area contributed by atoms with E-state index in [4.69, 9.17) is 21.1 Å². The highest BCUT2D eigenvalue weighted by Gasteiger charge is 2.20. The predicted octanol–water partition coefficient (Wildman–Crippen LogP) is 3.37. The third-order valence-corrected chi connectivity index (χ3v) is 4.11. The number of rotatable bonds is 6. The number of hydrogen-bond acceptors (Lipinski definition) is 7. The fourth-order valence-corrected chi connectivity index (χ4v) is 2.90. The molecule has 2 aromatic rings. The van der Waals surface area contributed by atoms with E-state index < -0.39 is 23.4 Å². The summed E-state index contributed by atoms with van der Waals surface area (Å²) >= 11 is 5.99. The molecule has 0 bridgehead atoms. The van der Waals surface area contributed by atoms with Gasteiger partial charge in [0.1, 0.15) is 5.15 Å². The van der Waals surface area contributed by atoms with Crippen molar-refractivity contribution in [1.82, 2.24) is 4.98 Å². The molecule has 0 aliphatic carbocycles. The molecule has 9 nitrogen and oxygen atoms in total. The van der Waals surface area contributed by atoms with Crippen molar-refractivity contribution in [2.45, 2.75) is 20.8 Å². The van der Waals surface area contributed by atoms with Crippen LogP contribution in [0.25, 0.3) is 0 Å². The molecule has 0 aliphatic rings. The monoisotopic (exact) mass is 407 g/mol. The van der Waals surface area contributed by atoms with Crippen LogP contribution in [0.3, 0.4) is 0 Å². The number of hydrogen-bond donors (Lipinski definition) is 1. The molecule has 28 heavy (non-hydrogen) atoms. The number of halogens is 1. The van der Waals surface area contributed by atoms with Crippen molar-refractivity contribution in [3.05, 3.63) is 55.9 Å². The van der Waals surface area contributed by atoms with Crippen LogP contribution in [0, 0.1) is 30.9 Å². The Labute approximate surface area is 165 Å². The summed E-state index contributed by atoms with van der Waals surface area (Å²) in [6, 6.07) is 4.29. The number of carbonyl (C=O) groups is 2. The summed E-state index contributed by atoms with van der Waals surface area (Å²) in [7, 11) is 1.28. The molecule has 10 heteroatoms. The van der Waals surface area contributed by atoms with Crippen LogP contribution in [0.15, 0.2) is 18.2 Å². The maximum Gasteiger partial charge on any atom is 0.342 e. The van der Waals surface area contributed by atoms with Crippen molar-refractivity contribution in [3.63, 3.8) is 0 Å².